The Labute approximate surface area is 177 Å². The van der Waals surface area contributed by atoms with Gasteiger partial charge in [-0.3, -0.25) is 14.6 Å². The molecule has 1 atom stereocenters. The van der Waals surface area contributed by atoms with E-state index in [4.69, 9.17) is 0 Å². The minimum absolute atomic E-state index is 0.0502. The van der Waals surface area contributed by atoms with Gasteiger partial charge in [-0.15, -0.1) is 11.8 Å². The van der Waals surface area contributed by atoms with Crippen molar-refractivity contribution in [1.82, 2.24) is 15.2 Å². The van der Waals surface area contributed by atoms with Gasteiger partial charge in [-0.05, 0) is 36.2 Å². The Bertz CT molecular complexity index is 877. The quantitative estimate of drug-likeness (QED) is 0.682. The van der Waals surface area contributed by atoms with Crippen molar-refractivity contribution in [2.45, 2.75) is 30.8 Å². The number of pyridine rings is 1. The van der Waals surface area contributed by atoms with Crippen LogP contribution in [0.25, 0.3) is 0 Å². The van der Waals surface area contributed by atoms with Crippen LogP contribution < -0.4 is 5.32 Å². The number of amides is 2. The number of alkyl halides is 3. The molecule has 3 rings (SSSR count). The van der Waals surface area contributed by atoms with Gasteiger partial charge in [0.05, 0.1) is 23.1 Å². The maximum absolute atomic E-state index is 13.1. The van der Waals surface area contributed by atoms with Crippen molar-refractivity contribution in [3.05, 3.63) is 65.5 Å². The number of likely N-dealkylation sites (tertiary alicyclic amines) is 1. The summed E-state index contributed by atoms with van der Waals surface area (Å²) >= 11 is 1.37. The standard InChI is InChI=1S/C21H22F3N3O2S/c22-21(23,24)16-6-3-5-15(11-16)18(12-27-10-4-8-20(27)29)26-19(28)14-30-13-17-7-1-2-9-25-17/h1-3,5-7,9,11,18H,4,8,10,12-14H2,(H,26,28). The van der Waals surface area contributed by atoms with Gasteiger partial charge in [-0.1, -0.05) is 18.2 Å². The molecular formula is C21H22F3N3O2S. The number of carbonyl (C=O) groups is 2. The number of aromatic nitrogens is 1. The SMILES string of the molecule is O=C(CSCc1ccccn1)NC(CN1CCCC1=O)c1cccc(C(F)(F)F)c1. The molecule has 1 aromatic carbocycles. The summed E-state index contributed by atoms with van der Waals surface area (Å²) in [5.74, 6) is 0.336. The van der Waals surface area contributed by atoms with Gasteiger partial charge in [0.25, 0.3) is 0 Å². The van der Waals surface area contributed by atoms with Gasteiger partial charge >= 0.3 is 6.18 Å². The number of benzene rings is 1. The van der Waals surface area contributed by atoms with Crippen LogP contribution in [-0.4, -0.2) is 40.5 Å². The third-order valence-electron chi connectivity index (χ3n) is 4.74. The topological polar surface area (TPSA) is 62.3 Å². The van der Waals surface area contributed by atoms with E-state index < -0.39 is 17.8 Å². The normalized spacial score (nSPS) is 15.3. The third kappa shape index (κ3) is 6.22. The van der Waals surface area contributed by atoms with E-state index in [1.54, 1.807) is 23.2 Å². The molecule has 0 spiro atoms. The van der Waals surface area contributed by atoms with Crippen LogP contribution >= 0.6 is 11.8 Å². The second-order valence-electron chi connectivity index (χ2n) is 7.00. The summed E-state index contributed by atoms with van der Waals surface area (Å²) < 4.78 is 39.4. The molecule has 0 bridgehead atoms. The van der Waals surface area contributed by atoms with Crippen LogP contribution in [0.5, 0.6) is 0 Å². The molecule has 0 aliphatic carbocycles. The van der Waals surface area contributed by atoms with Gasteiger partial charge < -0.3 is 10.2 Å². The average Bonchev–Trinajstić information content (AvgIpc) is 3.12. The molecule has 1 N–H and O–H groups in total. The summed E-state index contributed by atoms with van der Waals surface area (Å²) in [4.78, 5) is 30.3. The molecule has 1 aliphatic rings. The molecule has 1 saturated heterocycles. The Balaban J connectivity index is 1.68. The van der Waals surface area contributed by atoms with Crippen molar-refractivity contribution in [1.29, 1.82) is 0 Å². The second-order valence-corrected chi connectivity index (χ2v) is 7.99. The molecule has 1 aliphatic heterocycles. The summed E-state index contributed by atoms with van der Waals surface area (Å²) in [6.07, 6.45) is -1.68. The fourth-order valence-corrected chi connectivity index (χ4v) is 4.00. The maximum atomic E-state index is 13.1. The lowest BCUT2D eigenvalue weighted by Crippen LogP contribution is -2.39. The number of nitrogens with one attached hydrogen (secondary N) is 1. The van der Waals surface area contributed by atoms with E-state index in [1.807, 2.05) is 12.1 Å². The lowest BCUT2D eigenvalue weighted by atomic mass is 10.0. The smallest absolute Gasteiger partial charge is 0.347 e. The number of hydrogen-bond acceptors (Lipinski definition) is 4. The number of hydrogen-bond donors (Lipinski definition) is 1. The first-order valence-electron chi connectivity index (χ1n) is 9.55. The highest BCUT2D eigenvalue weighted by atomic mass is 32.2. The molecule has 1 unspecified atom stereocenters. The Hall–Kier alpha value is -2.55. The molecule has 160 valence electrons. The van der Waals surface area contributed by atoms with Crippen molar-refractivity contribution in [3.8, 4) is 0 Å². The molecule has 2 heterocycles. The lowest BCUT2D eigenvalue weighted by Gasteiger charge is -2.25. The molecule has 1 aromatic heterocycles. The van der Waals surface area contributed by atoms with E-state index in [0.29, 0.717) is 30.7 Å². The zero-order valence-electron chi connectivity index (χ0n) is 16.2. The first kappa shape index (κ1) is 22.1. The van der Waals surface area contributed by atoms with Gasteiger partial charge in [0.15, 0.2) is 0 Å². The van der Waals surface area contributed by atoms with Crippen LogP contribution in [0.4, 0.5) is 13.2 Å². The van der Waals surface area contributed by atoms with Crippen molar-refractivity contribution >= 4 is 23.6 Å². The highest BCUT2D eigenvalue weighted by molar-refractivity contribution is 7.99. The highest BCUT2D eigenvalue weighted by Crippen LogP contribution is 2.31. The van der Waals surface area contributed by atoms with E-state index in [1.165, 1.54) is 17.8 Å². The first-order valence-corrected chi connectivity index (χ1v) is 10.7. The van der Waals surface area contributed by atoms with Gasteiger partial charge in [0.2, 0.25) is 11.8 Å². The van der Waals surface area contributed by atoms with Crippen LogP contribution in [0.3, 0.4) is 0 Å². The van der Waals surface area contributed by atoms with Crippen LogP contribution in [0.15, 0.2) is 48.7 Å². The Morgan fingerprint density at radius 1 is 1.23 bits per heavy atom. The first-order chi connectivity index (χ1) is 14.3. The minimum atomic E-state index is -4.48. The van der Waals surface area contributed by atoms with Gasteiger partial charge in [-0.25, -0.2) is 0 Å². The van der Waals surface area contributed by atoms with Crippen molar-refractivity contribution in [2.24, 2.45) is 0 Å². The number of carbonyl (C=O) groups excluding carboxylic acids is 2. The summed E-state index contributed by atoms with van der Waals surface area (Å²) in [5, 5.41) is 2.80. The fourth-order valence-electron chi connectivity index (χ4n) is 3.25. The molecule has 2 aromatic rings. The molecular weight excluding hydrogens is 415 g/mol. The average molecular weight is 437 g/mol. The summed E-state index contributed by atoms with van der Waals surface area (Å²) in [7, 11) is 0. The number of thioether (sulfide) groups is 1. The Morgan fingerprint density at radius 3 is 2.73 bits per heavy atom. The molecule has 5 nitrogen and oxygen atoms in total. The Kier molecular flexibility index (Phi) is 7.36. The molecule has 0 saturated carbocycles. The van der Waals surface area contributed by atoms with E-state index in [0.717, 1.165) is 17.8 Å². The van der Waals surface area contributed by atoms with E-state index in [2.05, 4.69) is 10.3 Å². The zero-order valence-corrected chi connectivity index (χ0v) is 17.0. The van der Waals surface area contributed by atoms with Crippen LogP contribution in [0, 0.1) is 0 Å². The van der Waals surface area contributed by atoms with Crippen LogP contribution in [-0.2, 0) is 21.5 Å². The van der Waals surface area contributed by atoms with Crippen molar-refractivity contribution in [3.63, 3.8) is 0 Å². The highest BCUT2D eigenvalue weighted by Gasteiger charge is 2.32. The maximum Gasteiger partial charge on any atom is 0.416 e. The molecule has 0 radical (unpaired) electrons. The predicted molar refractivity (Wildman–Crippen MR) is 109 cm³/mol. The molecule has 2 amide bonds. The minimum Gasteiger partial charge on any atom is -0.347 e. The Morgan fingerprint density at radius 2 is 2.07 bits per heavy atom. The zero-order chi connectivity index (χ0) is 21.6. The summed E-state index contributed by atoms with van der Waals surface area (Å²) in [6.45, 7) is 0.690. The lowest BCUT2D eigenvalue weighted by molar-refractivity contribution is -0.137. The summed E-state index contributed by atoms with van der Waals surface area (Å²) in [6, 6.07) is 9.70. The van der Waals surface area contributed by atoms with Crippen LogP contribution in [0.1, 0.15) is 35.7 Å². The van der Waals surface area contributed by atoms with Crippen molar-refractivity contribution < 1.29 is 22.8 Å². The molecule has 9 heteroatoms. The molecule has 1 fully saturated rings. The summed E-state index contributed by atoms with van der Waals surface area (Å²) in [5.41, 5.74) is 0.386. The number of nitrogens with zero attached hydrogens (tertiary/aromatic N) is 2. The largest absolute Gasteiger partial charge is 0.416 e. The second kappa shape index (κ2) is 9.97. The van der Waals surface area contributed by atoms with Crippen molar-refractivity contribution in [2.75, 3.05) is 18.8 Å². The van der Waals surface area contributed by atoms with Gasteiger partial charge in [0.1, 0.15) is 0 Å². The van der Waals surface area contributed by atoms with Crippen LogP contribution in [0.2, 0.25) is 0 Å². The molecule has 30 heavy (non-hydrogen) atoms. The monoisotopic (exact) mass is 437 g/mol. The van der Waals surface area contributed by atoms with E-state index in [-0.39, 0.29) is 24.1 Å². The van der Waals surface area contributed by atoms with E-state index in [9.17, 15) is 22.8 Å². The number of halogens is 3. The van der Waals surface area contributed by atoms with E-state index >= 15 is 0 Å². The third-order valence-corrected chi connectivity index (χ3v) is 5.70. The van der Waals surface area contributed by atoms with Gasteiger partial charge in [0, 0.05) is 31.5 Å². The fraction of sp³-hybridized carbons (Fsp3) is 0.381. The number of rotatable bonds is 8. The van der Waals surface area contributed by atoms with Gasteiger partial charge in [-0.2, -0.15) is 13.2 Å². The predicted octanol–water partition coefficient (Wildman–Crippen LogP) is 3.81.